The average Bonchev–Trinajstić information content (AvgIpc) is 3.06. The lowest BCUT2D eigenvalue weighted by Crippen LogP contribution is -2.26. The highest BCUT2D eigenvalue weighted by Gasteiger charge is 2.15. The molecule has 9 heteroatoms. The molecule has 1 aromatic carbocycles. The Kier molecular flexibility index (Phi) is 6.96. The van der Waals surface area contributed by atoms with Crippen molar-refractivity contribution in [3.8, 4) is 0 Å². The van der Waals surface area contributed by atoms with Crippen molar-refractivity contribution in [1.82, 2.24) is 14.7 Å². The summed E-state index contributed by atoms with van der Waals surface area (Å²) >= 11 is 0. The minimum absolute atomic E-state index is 0.0270. The van der Waals surface area contributed by atoms with Gasteiger partial charge in [0, 0.05) is 36.5 Å². The van der Waals surface area contributed by atoms with E-state index in [1.807, 2.05) is 31.3 Å². The highest BCUT2D eigenvalue weighted by atomic mass is 16.6. The Labute approximate surface area is 179 Å². The Bertz CT molecular complexity index is 1120. The first-order valence-corrected chi connectivity index (χ1v) is 10.1. The summed E-state index contributed by atoms with van der Waals surface area (Å²) in [5.74, 6) is -0.305. The van der Waals surface area contributed by atoms with E-state index in [1.165, 1.54) is 12.1 Å². The average molecular weight is 423 g/mol. The summed E-state index contributed by atoms with van der Waals surface area (Å²) in [5, 5.41) is 16.5. The molecule has 0 spiro atoms. The number of anilines is 1. The molecule has 9 nitrogen and oxygen atoms in total. The van der Waals surface area contributed by atoms with Crippen LogP contribution in [0.1, 0.15) is 47.4 Å². The summed E-state index contributed by atoms with van der Waals surface area (Å²) in [5.41, 5.74) is 3.03. The number of hydrogen-bond acceptors (Lipinski definition) is 5. The molecule has 3 rings (SSSR count). The Hall–Kier alpha value is -3.75. The third kappa shape index (κ3) is 5.44. The predicted octanol–water partition coefficient (Wildman–Crippen LogP) is 3.79. The van der Waals surface area contributed by atoms with Crippen molar-refractivity contribution in [2.24, 2.45) is 0 Å². The normalized spacial score (nSPS) is 10.8. The molecule has 0 bridgehead atoms. The van der Waals surface area contributed by atoms with Gasteiger partial charge in [0.25, 0.3) is 11.6 Å². The van der Waals surface area contributed by atoms with Crippen LogP contribution in [0, 0.1) is 24.0 Å². The molecule has 0 fully saturated rings. The van der Waals surface area contributed by atoms with E-state index in [0.717, 1.165) is 18.5 Å². The van der Waals surface area contributed by atoms with Crippen molar-refractivity contribution in [1.29, 1.82) is 0 Å². The summed E-state index contributed by atoms with van der Waals surface area (Å²) in [6.07, 6.45) is 4.39. The van der Waals surface area contributed by atoms with Gasteiger partial charge >= 0.3 is 0 Å². The standard InChI is InChI=1S/C22H25N5O4/c1-15-14-17(10-11-18(15)27(30)31)25-20(28)9-4-3-6-12-23-22(29)21-16(2)24-19-8-5-7-13-26(19)21/h5,7-8,10-11,13-14H,3-4,6,9,12H2,1-2H3,(H,23,29)(H,25,28). The number of nitro benzene ring substituents is 1. The van der Waals surface area contributed by atoms with Gasteiger partial charge in [0.05, 0.1) is 10.6 Å². The van der Waals surface area contributed by atoms with Crippen LogP contribution in [0.5, 0.6) is 0 Å². The molecule has 2 aromatic heterocycles. The zero-order chi connectivity index (χ0) is 22.4. The molecule has 2 amide bonds. The Morgan fingerprint density at radius 1 is 1.13 bits per heavy atom. The van der Waals surface area contributed by atoms with Crippen molar-refractivity contribution in [2.75, 3.05) is 11.9 Å². The highest BCUT2D eigenvalue weighted by Crippen LogP contribution is 2.21. The molecule has 0 unspecified atom stereocenters. The molecule has 0 atom stereocenters. The molecule has 0 radical (unpaired) electrons. The molecule has 0 saturated heterocycles. The van der Waals surface area contributed by atoms with Gasteiger partial charge in [0.1, 0.15) is 11.3 Å². The predicted molar refractivity (Wildman–Crippen MR) is 117 cm³/mol. The first-order valence-electron chi connectivity index (χ1n) is 10.1. The van der Waals surface area contributed by atoms with Gasteiger partial charge in [-0.25, -0.2) is 4.98 Å². The van der Waals surface area contributed by atoms with E-state index in [-0.39, 0.29) is 17.5 Å². The molecule has 2 heterocycles. The minimum Gasteiger partial charge on any atom is -0.351 e. The Morgan fingerprint density at radius 2 is 1.94 bits per heavy atom. The second-order valence-corrected chi connectivity index (χ2v) is 7.35. The van der Waals surface area contributed by atoms with Gasteiger partial charge in [0.2, 0.25) is 5.91 Å². The van der Waals surface area contributed by atoms with Crippen LogP contribution in [0.4, 0.5) is 11.4 Å². The Balaban J connectivity index is 1.38. The molecule has 0 aliphatic rings. The molecule has 0 aliphatic carbocycles. The lowest BCUT2D eigenvalue weighted by atomic mass is 10.1. The van der Waals surface area contributed by atoms with E-state index in [0.29, 0.717) is 42.0 Å². The molecular formula is C22H25N5O4. The number of unbranched alkanes of at least 4 members (excludes halogenated alkanes) is 2. The number of nitro groups is 1. The number of nitrogens with zero attached hydrogens (tertiary/aromatic N) is 3. The first kappa shape index (κ1) is 21.9. The van der Waals surface area contributed by atoms with Crippen molar-refractivity contribution in [2.45, 2.75) is 39.5 Å². The monoisotopic (exact) mass is 423 g/mol. The van der Waals surface area contributed by atoms with Crippen LogP contribution in [-0.4, -0.2) is 32.7 Å². The number of fused-ring (bicyclic) bond motifs is 1. The van der Waals surface area contributed by atoms with E-state index >= 15 is 0 Å². The smallest absolute Gasteiger partial charge is 0.272 e. The zero-order valence-corrected chi connectivity index (χ0v) is 17.6. The van der Waals surface area contributed by atoms with Crippen LogP contribution in [0.3, 0.4) is 0 Å². The summed E-state index contributed by atoms with van der Waals surface area (Å²) < 4.78 is 1.77. The summed E-state index contributed by atoms with van der Waals surface area (Å²) in [6, 6.07) is 10.1. The zero-order valence-electron chi connectivity index (χ0n) is 17.6. The van der Waals surface area contributed by atoms with Crippen LogP contribution in [-0.2, 0) is 4.79 Å². The maximum Gasteiger partial charge on any atom is 0.272 e. The number of pyridine rings is 1. The number of carbonyl (C=O) groups excluding carboxylic acids is 2. The molecule has 3 aromatic rings. The van der Waals surface area contributed by atoms with Crippen molar-refractivity contribution in [3.63, 3.8) is 0 Å². The number of amides is 2. The lowest BCUT2D eigenvalue weighted by molar-refractivity contribution is -0.385. The fourth-order valence-electron chi connectivity index (χ4n) is 3.42. The second kappa shape index (κ2) is 9.84. The van der Waals surface area contributed by atoms with Gasteiger partial charge in [-0.3, -0.25) is 24.1 Å². The van der Waals surface area contributed by atoms with Crippen LogP contribution in [0.25, 0.3) is 5.65 Å². The lowest BCUT2D eigenvalue weighted by Gasteiger charge is -2.07. The van der Waals surface area contributed by atoms with Crippen molar-refractivity contribution >= 4 is 28.8 Å². The van der Waals surface area contributed by atoms with E-state index in [9.17, 15) is 19.7 Å². The fourth-order valence-corrected chi connectivity index (χ4v) is 3.42. The number of benzene rings is 1. The second-order valence-electron chi connectivity index (χ2n) is 7.35. The molecule has 0 aliphatic heterocycles. The van der Waals surface area contributed by atoms with E-state index in [2.05, 4.69) is 15.6 Å². The van der Waals surface area contributed by atoms with Gasteiger partial charge < -0.3 is 10.6 Å². The van der Waals surface area contributed by atoms with Crippen LogP contribution >= 0.6 is 0 Å². The minimum atomic E-state index is -0.448. The largest absolute Gasteiger partial charge is 0.351 e. The number of imidazole rings is 1. The fraction of sp³-hybridized carbons (Fsp3) is 0.318. The number of hydrogen-bond donors (Lipinski definition) is 2. The Morgan fingerprint density at radius 3 is 2.68 bits per heavy atom. The van der Waals surface area contributed by atoms with Crippen LogP contribution in [0.2, 0.25) is 0 Å². The SMILES string of the molecule is Cc1cc(NC(=O)CCCCCNC(=O)c2c(C)nc3ccccn23)ccc1[N+](=O)[O-]. The van der Waals surface area contributed by atoms with Crippen molar-refractivity contribution in [3.05, 3.63) is 69.7 Å². The molecule has 2 N–H and O–H groups in total. The number of aromatic nitrogens is 2. The summed E-state index contributed by atoms with van der Waals surface area (Å²) in [4.78, 5) is 39.4. The van der Waals surface area contributed by atoms with Gasteiger partial charge in [-0.15, -0.1) is 0 Å². The third-order valence-electron chi connectivity index (χ3n) is 4.96. The van der Waals surface area contributed by atoms with Gasteiger partial charge in [-0.1, -0.05) is 12.5 Å². The van der Waals surface area contributed by atoms with E-state index in [1.54, 1.807) is 17.4 Å². The highest BCUT2D eigenvalue weighted by molar-refractivity contribution is 5.94. The number of carbonyl (C=O) groups is 2. The quantitative estimate of drug-likeness (QED) is 0.308. The topological polar surface area (TPSA) is 119 Å². The molecular weight excluding hydrogens is 398 g/mol. The van der Waals surface area contributed by atoms with E-state index < -0.39 is 4.92 Å². The van der Waals surface area contributed by atoms with Gasteiger partial charge in [0.15, 0.2) is 0 Å². The summed E-state index contributed by atoms with van der Waals surface area (Å²) in [7, 11) is 0. The van der Waals surface area contributed by atoms with Crippen LogP contribution < -0.4 is 10.6 Å². The molecule has 31 heavy (non-hydrogen) atoms. The first-order chi connectivity index (χ1) is 14.9. The maximum absolute atomic E-state index is 12.5. The number of rotatable bonds is 9. The van der Waals surface area contributed by atoms with Crippen molar-refractivity contribution < 1.29 is 14.5 Å². The third-order valence-corrected chi connectivity index (χ3v) is 4.96. The van der Waals surface area contributed by atoms with Crippen LogP contribution in [0.15, 0.2) is 42.6 Å². The molecule has 162 valence electrons. The number of nitrogens with one attached hydrogen (secondary N) is 2. The maximum atomic E-state index is 12.5. The molecule has 0 saturated carbocycles. The van der Waals surface area contributed by atoms with E-state index in [4.69, 9.17) is 0 Å². The number of aryl methyl sites for hydroxylation is 2. The van der Waals surface area contributed by atoms with Gasteiger partial charge in [-0.05, 0) is 51.0 Å². The summed E-state index contributed by atoms with van der Waals surface area (Å²) in [6.45, 7) is 3.96. The van der Waals surface area contributed by atoms with Gasteiger partial charge in [-0.2, -0.15) is 0 Å².